The fraction of sp³-hybridized carbons (Fsp3) is 0.333. The molecule has 1 saturated heterocycles. The number of methoxy groups -OCH3 is 1. The third kappa shape index (κ3) is 3.80. The Balaban J connectivity index is 2.11. The van der Waals surface area contributed by atoms with Crippen LogP contribution in [0.1, 0.15) is 15.9 Å². The summed E-state index contributed by atoms with van der Waals surface area (Å²) in [6, 6.07) is 7.37. The zero-order valence-corrected chi connectivity index (χ0v) is 14.0. The van der Waals surface area contributed by atoms with Gasteiger partial charge in [0.05, 0.1) is 31.5 Å². The summed E-state index contributed by atoms with van der Waals surface area (Å²) < 4.78 is 49.5. The molecule has 2 heterocycles. The molecule has 0 amide bonds. The molecule has 26 heavy (non-hydrogen) atoms. The minimum atomic E-state index is -4.51. The van der Waals surface area contributed by atoms with Crippen molar-refractivity contribution in [2.24, 2.45) is 0 Å². The first-order chi connectivity index (χ1) is 12.4. The maximum atomic E-state index is 13.2. The number of carbonyl (C=O) groups excluding carboxylic acids is 1. The second-order valence-electron chi connectivity index (χ2n) is 5.76. The molecule has 1 aliphatic heterocycles. The van der Waals surface area contributed by atoms with Crippen LogP contribution < -0.4 is 4.90 Å². The smallest absolute Gasteiger partial charge is 0.417 e. The highest BCUT2D eigenvalue weighted by molar-refractivity contribution is 5.91. The Hall–Kier alpha value is -2.61. The van der Waals surface area contributed by atoms with Gasteiger partial charge in [-0.05, 0) is 23.8 Å². The largest absolute Gasteiger partial charge is 0.465 e. The van der Waals surface area contributed by atoms with Gasteiger partial charge in [-0.15, -0.1) is 0 Å². The van der Waals surface area contributed by atoms with Crippen LogP contribution in [0.15, 0.2) is 36.5 Å². The van der Waals surface area contributed by atoms with Crippen molar-refractivity contribution < 1.29 is 27.4 Å². The van der Waals surface area contributed by atoms with Crippen molar-refractivity contribution in [1.29, 1.82) is 0 Å². The molecular formula is C18H17F3N2O3. The lowest BCUT2D eigenvalue weighted by atomic mass is 10.0. The van der Waals surface area contributed by atoms with Crippen LogP contribution in [-0.2, 0) is 15.7 Å². The van der Waals surface area contributed by atoms with Crippen LogP contribution in [0.4, 0.5) is 19.0 Å². The number of hydrogen-bond acceptors (Lipinski definition) is 5. The van der Waals surface area contributed by atoms with E-state index in [4.69, 9.17) is 9.47 Å². The Labute approximate surface area is 148 Å². The predicted molar refractivity (Wildman–Crippen MR) is 89.0 cm³/mol. The van der Waals surface area contributed by atoms with Gasteiger partial charge in [0.1, 0.15) is 5.82 Å². The number of pyridine rings is 1. The molecule has 138 valence electrons. The molecule has 5 nitrogen and oxygen atoms in total. The molecule has 0 atom stereocenters. The van der Waals surface area contributed by atoms with Gasteiger partial charge in [0, 0.05) is 24.8 Å². The van der Waals surface area contributed by atoms with Crippen molar-refractivity contribution in [1.82, 2.24) is 4.98 Å². The Morgan fingerprint density at radius 3 is 2.62 bits per heavy atom. The van der Waals surface area contributed by atoms with Crippen LogP contribution in [0.25, 0.3) is 11.1 Å². The monoisotopic (exact) mass is 366 g/mol. The first-order valence-electron chi connectivity index (χ1n) is 7.99. The van der Waals surface area contributed by atoms with Crippen LogP contribution in [0.2, 0.25) is 0 Å². The third-order valence-corrected chi connectivity index (χ3v) is 4.10. The molecule has 2 aromatic rings. The average molecular weight is 366 g/mol. The van der Waals surface area contributed by atoms with E-state index >= 15 is 0 Å². The highest BCUT2D eigenvalue weighted by atomic mass is 19.4. The predicted octanol–water partition coefficient (Wildman–Crippen LogP) is 3.39. The third-order valence-electron chi connectivity index (χ3n) is 4.10. The van der Waals surface area contributed by atoms with Crippen LogP contribution >= 0.6 is 0 Å². The number of morpholine rings is 1. The number of anilines is 1. The molecule has 0 radical (unpaired) electrons. The van der Waals surface area contributed by atoms with Gasteiger partial charge in [0.25, 0.3) is 0 Å². The molecule has 1 aromatic heterocycles. The number of esters is 1. The van der Waals surface area contributed by atoms with Crippen molar-refractivity contribution >= 4 is 11.8 Å². The number of alkyl halides is 3. The number of nitrogens with zero attached hydrogens (tertiary/aromatic N) is 2. The van der Waals surface area contributed by atoms with Crippen molar-refractivity contribution in [2.45, 2.75) is 6.18 Å². The topological polar surface area (TPSA) is 51.7 Å². The van der Waals surface area contributed by atoms with Gasteiger partial charge in [0.2, 0.25) is 0 Å². The SMILES string of the molecule is COC(=O)c1cccc(-c2cc(C(F)(F)F)cnc2N2CCOCC2)c1. The first-order valence-corrected chi connectivity index (χ1v) is 7.99. The van der Waals surface area contributed by atoms with Gasteiger partial charge in [0.15, 0.2) is 0 Å². The lowest BCUT2D eigenvalue weighted by Crippen LogP contribution is -2.37. The van der Waals surface area contributed by atoms with E-state index in [1.54, 1.807) is 18.2 Å². The van der Waals surface area contributed by atoms with Crippen molar-refractivity contribution in [2.75, 3.05) is 38.3 Å². The van der Waals surface area contributed by atoms with E-state index in [1.165, 1.54) is 13.2 Å². The fourth-order valence-electron chi connectivity index (χ4n) is 2.78. The highest BCUT2D eigenvalue weighted by Crippen LogP contribution is 2.36. The minimum absolute atomic E-state index is 0.260. The number of rotatable bonds is 3. The summed E-state index contributed by atoms with van der Waals surface area (Å²) in [6.45, 7) is 2.01. The van der Waals surface area contributed by atoms with E-state index in [9.17, 15) is 18.0 Å². The zero-order chi connectivity index (χ0) is 18.7. The van der Waals surface area contributed by atoms with E-state index < -0.39 is 17.7 Å². The molecule has 1 fully saturated rings. The lowest BCUT2D eigenvalue weighted by molar-refractivity contribution is -0.137. The van der Waals surface area contributed by atoms with Gasteiger partial charge in [-0.25, -0.2) is 9.78 Å². The Morgan fingerprint density at radius 2 is 1.96 bits per heavy atom. The maximum Gasteiger partial charge on any atom is 0.417 e. The number of carbonyl (C=O) groups is 1. The molecule has 0 bridgehead atoms. The fourth-order valence-corrected chi connectivity index (χ4v) is 2.78. The summed E-state index contributed by atoms with van der Waals surface area (Å²) in [7, 11) is 1.25. The summed E-state index contributed by atoms with van der Waals surface area (Å²) in [5.41, 5.74) is 0.198. The van der Waals surface area contributed by atoms with E-state index in [0.717, 1.165) is 12.3 Å². The maximum absolute atomic E-state index is 13.2. The molecule has 0 N–H and O–H groups in total. The summed E-state index contributed by atoms with van der Waals surface area (Å²) in [6.07, 6.45) is -3.68. The quantitative estimate of drug-likeness (QED) is 0.780. The normalized spacial score (nSPS) is 15.0. The van der Waals surface area contributed by atoms with E-state index in [-0.39, 0.29) is 5.56 Å². The number of ether oxygens (including phenoxy) is 2. The highest BCUT2D eigenvalue weighted by Gasteiger charge is 2.32. The molecule has 0 spiro atoms. The van der Waals surface area contributed by atoms with Gasteiger partial charge >= 0.3 is 12.1 Å². The minimum Gasteiger partial charge on any atom is -0.465 e. The van der Waals surface area contributed by atoms with Crippen molar-refractivity contribution in [3.8, 4) is 11.1 Å². The average Bonchev–Trinajstić information content (AvgIpc) is 2.67. The Morgan fingerprint density at radius 1 is 1.23 bits per heavy atom. The molecule has 0 saturated carbocycles. The summed E-state index contributed by atoms with van der Waals surface area (Å²) >= 11 is 0. The zero-order valence-electron chi connectivity index (χ0n) is 14.0. The Bertz CT molecular complexity index is 803. The van der Waals surface area contributed by atoms with E-state index in [0.29, 0.717) is 43.2 Å². The molecular weight excluding hydrogens is 349 g/mol. The first kappa shape index (κ1) is 18.2. The molecule has 1 aliphatic rings. The number of benzene rings is 1. The molecule has 1 aromatic carbocycles. The number of halogens is 3. The summed E-state index contributed by atoms with van der Waals surface area (Å²) in [4.78, 5) is 17.7. The van der Waals surface area contributed by atoms with Gasteiger partial charge in [-0.1, -0.05) is 12.1 Å². The second-order valence-corrected chi connectivity index (χ2v) is 5.76. The number of aromatic nitrogens is 1. The summed E-state index contributed by atoms with van der Waals surface area (Å²) in [5.74, 6) is -0.122. The summed E-state index contributed by atoms with van der Waals surface area (Å²) in [5, 5.41) is 0. The van der Waals surface area contributed by atoms with Gasteiger partial charge in [-0.2, -0.15) is 13.2 Å². The van der Waals surface area contributed by atoms with Gasteiger partial charge in [-0.3, -0.25) is 0 Å². The van der Waals surface area contributed by atoms with Crippen molar-refractivity contribution in [3.63, 3.8) is 0 Å². The second kappa shape index (κ2) is 7.33. The molecule has 0 unspecified atom stereocenters. The van der Waals surface area contributed by atoms with E-state index in [2.05, 4.69) is 4.98 Å². The molecule has 8 heteroatoms. The van der Waals surface area contributed by atoms with Crippen molar-refractivity contribution in [3.05, 3.63) is 47.7 Å². The number of hydrogen-bond donors (Lipinski definition) is 0. The lowest BCUT2D eigenvalue weighted by Gasteiger charge is -2.30. The van der Waals surface area contributed by atoms with Crippen LogP contribution in [0.3, 0.4) is 0 Å². The van der Waals surface area contributed by atoms with Crippen LogP contribution in [-0.4, -0.2) is 44.4 Å². The standard InChI is InChI=1S/C18H17F3N2O3/c1-25-17(24)13-4-2-3-12(9-13)15-10-14(18(19,20)21)11-22-16(15)23-5-7-26-8-6-23/h2-4,9-11H,5-8H2,1H3. The Kier molecular flexibility index (Phi) is 5.13. The van der Waals surface area contributed by atoms with Gasteiger partial charge < -0.3 is 14.4 Å². The van der Waals surface area contributed by atoms with Crippen LogP contribution in [0, 0.1) is 0 Å². The van der Waals surface area contributed by atoms with E-state index in [1.807, 2.05) is 4.90 Å². The molecule has 3 rings (SSSR count). The molecule has 0 aliphatic carbocycles. The van der Waals surface area contributed by atoms with Crippen LogP contribution in [0.5, 0.6) is 0 Å².